The monoisotopic (exact) mass is 494 g/mol. The molecule has 1 rings (SSSR count). The van der Waals surface area contributed by atoms with Gasteiger partial charge in [0.05, 0.1) is 22.4 Å². The molecule has 1 fully saturated rings. The summed E-state index contributed by atoms with van der Waals surface area (Å²) in [6.07, 6.45) is 5.58. The number of rotatable bonds is 9. The lowest BCUT2D eigenvalue weighted by atomic mass is 9.94. The van der Waals surface area contributed by atoms with Crippen molar-refractivity contribution in [3.63, 3.8) is 0 Å². The van der Waals surface area contributed by atoms with Gasteiger partial charge in [-0.1, -0.05) is 13.3 Å². The summed E-state index contributed by atoms with van der Waals surface area (Å²) in [6.45, 7) is 26.9. The third-order valence-corrected chi connectivity index (χ3v) is 4.08. The summed E-state index contributed by atoms with van der Waals surface area (Å²) >= 11 is 0. The van der Waals surface area contributed by atoms with Gasteiger partial charge in [-0.3, -0.25) is 0 Å². The highest BCUT2D eigenvalue weighted by atomic mass is 17.3. The fraction of sp³-hybridized carbons (Fsp3) is 1.00. The van der Waals surface area contributed by atoms with Gasteiger partial charge in [0.2, 0.25) is 11.6 Å². The first kappa shape index (κ1) is 33.7. The third kappa shape index (κ3) is 18.0. The van der Waals surface area contributed by atoms with Gasteiger partial charge in [0.15, 0.2) is 0 Å². The van der Waals surface area contributed by atoms with E-state index < -0.39 is 11.6 Å². The minimum absolute atomic E-state index is 0.352. The van der Waals surface area contributed by atoms with Crippen LogP contribution in [0.3, 0.4) is 0 Å². The zero-order chi connectivity index (χ0) is 26.9. The summed E-state index contributed by atoms with van der Waals surface area (Å²) in [5.74, 6) is -1.64. The Bertz CT molecular complexity index is 505. The van der Waals surface area contributed by atoms with E-state index in [0.29, 0.717) is 6.42 Å². The van der Waals surface area contributed by atoms with Gasteiger partial charge in [0.25, 0.3) is 0 Å². The first-order valence-electron chi connectivity index (χ1n) is 12.6. The lowest BCUT2D eigenvalue weighted by Crippen LogP contribution is -2.42. The molecule has 0 aromatic rings. The Balaban J connectivity index is 0.000000646. The van der Waals surface area contributed by atoms with E-state index >= 15 is 0 Å². The van der Waals surface area contributed by atoms with E-state index in [9.17, 15) is 0 Å². The minimum Gasteiger partial charge on any atom is -0.228 e. The van der Waals surface area contributed by atoms with Crippen LogP contribution in [-0.2, 0) is 39.1 Å². The summed E-state index contributed by atoms with van der Waals surface area (Å²) < 4.78 is 0. The largest absolute Gasteiger partial charge is 0.234 e. The maximum absolute atomic E-state index is 5.58. The normalized spacial score (nSPS) is 17.8. The van der Waals surface area contributed by atoms with Gasteiger partial charge >= 0.3 is 0 Å². The second-order valence-corrected chi connectivity index (χ2v) is 13.1. The molecule has 0 spiro atoms. The van der Waals surface area contributed by atoms with Crippen molar-refractivity contribution in [1.82, 2.24) is 0 Å². The van der Waals surface area contributed by atoms with Gasteiger partial charge in [-0.25, -0.2) is 19.6 Å². The predicted molar refractivity (Wildman–Crippen MR) is 132 cm³/mol. The standard InChI is InChI=1S/C14H28O4.C12H26O4/c1-12(2,3)15-17-14(10-8-7-9-11-14)18-16-13(4,5)6;1-9-12(8,15-13-10(2,3)4)16-14-11(5,6)7/h7-11H2,1-6H3;9H2,1-8H3. The molecule has 8 nitrogen and oxygen atoms in total. The SMILES string of the molecule is CC(C)(C)OOC1(OOC(C)(C)C)CCCCC1.CCC(C)(OOC(C)(C)C)OOC(C)(C)C. The molecule has 0 unspecified atom stereocenters. The fourth-order valence-corrected chi connectivity index (χ4v) is 2.23. The molecule has 0 bridgehead atoms. The van der Waals surface area contributed by atoms with Crippen molar-refractivity contribution in [2.45, 2.75) is 169 Å². The molecule has 34 heavy (non-hydrogen) atoms. The van der Waals surface area contributed by atoms with Gasteiger partial charge in [-0.05, 0) is 103 Å². The third-order valence-electron chi connectivity index (χ3n) is 4.08. The predicted octanol–water partition coefficient (Wildman–Crippen LogP) is 7.75. The highest BCUT2D eigenvalue weighted by Crippen LogP contribution is 2.35. The maximum Gasteiger partial charge on any atom is 0.234 e. The van der Waals surface area contributed by atoms with Gasteiger partial charge in [-0.15, -0.1) is 0 Å². The second-order valence-electron chi connectivity index (χ2n) is 13.1. The molecule has 1 aliphatic carbocycles. The average Bonchev–Trinajstić information content (AvgIpc) is 2.67. The van der Waals surface area contributed by atoms with Crippen molar-refractivity contribution >= 4 is 0 Å². The fourth-order valence-electron chi connectivity index (χ4n) is 2.23. The molecule has 0 aliphatic heterocycles. The van der Waals surface area contributed by atoms with Crippen LogP contribution in [0.15, 0.2) is 0 Å². The molecule has 1 saturated carbocycles. The Kier molecular flexibility index (Phi) is 13.2. The quantitative estimate of drug-likeness (QED) is 0.183. The first-order chi connectivity index (χ1) is 15.1. The van der Waals surface area contributed by atoms with Crippen LogP contribution in [0, 0.1) is 0 Å². The number of hydrogen-bond donors (Lipinski definition) is 0. The molecule has 0 amide bonds. The second kappa shape index (κ2) is 13.3. The molecule has 0 aromatic carbocycles. The zero-order valence-electron chi connectivity index (χ0n) is 24.5. The molecule has 1 aliphatic rings. The molecule has 0 N–H and O–H groups in total. The van der Waals surface area contributed by atoms with Gasteiger partial charge < -0.3 is 0 Å². The summed E-state index contributed by atoms with van der Waals surface area (Å²) in [5.41, 5.74) is -1.45. The lowest BCUT2D eigenvalue weighted by Gasteiger charge is -2.37. The Morgan fingerprint density at radius 3 is 1.06 bits per heavy atom. The molecular weight excluding hydrogens is 440 g/mol. The van der Waals surface area contributed by atoms with Gasteiger partial charge in [0.1, 0.15) is 0 Å². The smallest absolute Gasteiger partial charge is 0.228 e. The number of hydrogen-bond acceptors (Lipinski definition) is 8. The molecule has 0 aromatic heterocycles. The summed E-state index contributed by atoms with van der Waals surface area (Å²) in [6, 6.07) is 0. The van der Waals surface area contributed by atoms with Crippen molar-refractivity contribution in [2.24, 2.45) is 0 Å². The first-order valence-corrected chi connectivity index (χ1v) is 12.6. The van der Waals surface area contributed by atoms with Crippen molar-refractivity contribution in [3.8, 4) is 0 Å². The Morgan fingerprint density at radius 1 is 0.471 bits per heavy atom. The van der Waals surface area contributed by atoms with Crippen LogP contribution < -0.4 is 0 Å². The van der Waals surface area contributed by atoms with Crippen LogP contribution in [-0.4, -0.2) is 34.0 Å². The van der Waals surface area contributed by atoms with E-state index in [1.54, 1.807) is 6.92 Å². The van der Waals surface area contributed by atoms with E-state index in [-0.39, 0.29) is 22.4 Å². The summed E-state index contributed by atoms with van der Waals surface area (Å²) in [7, 11) is 0. The molecule has 0 radical (unpaired) electrons. The van der Waals surface area contributed by atoms with E-state index in [0.717, 1.165) is 25.7 Å². The van der Waals surface area contributed by atoms with E-state index in [4.69, 9.17) is 39.1 Å². The molecular formula is C26H54O8. The lowest BCUT2D eigenvalue weighted by molar-refractivity contribution is -0.545. The summed E-state index contributed by atoms with van der Waals surface area (Å²) in [4.78, 5) is 43.1. The topological polar surface area (TPSA) is 73.8 Å². The minimum atomic E-state index is -0.888. The van der Waals surface area contributed by atoms with E-state index in [1.165, 1.54) is 6.42 Å². The van der Waals surface area contributed by atoms with Gasteiger partial charge in [0, 0.05) is 19.3 Å². The molecule has 0 saturated heterocycles. The van der Waals surface area contributed by atoms with Crippen LogP contribution in [0.25, 0.3) is 0 Å². The zero-order valence-corrected chi connectivity index (χ0v) is 24.5. The summed E-state index contributed by atoms with van der Waals surface area (Å²) in [5, 5.41) is 0. The molecule has 206 valence electrons. The van der Waals surface area contributed by atoms with Crippen LogP contribution in [0.2, 0.25) is 0 Å². The van der Waals surface area contributed by atoms with Crippen molar-refractivity contribution in [3.05, 3.63) is 0 Å². The van der Waals surface area contributed by atoms with E-state index in [2.05, 4.69) is 0 Å². The molecule has 0 heterocycles. The Morgan fingerprint density at radius 2 is 0.794 bits per heavy atom. The molecule has 0 atom stereocenters. The highest BCUT2D eigenvalue weighted by Gasteiger charge is 2.40. The van der Waals surface area contributed by atoms with Crippen LogP contribution in [0.5, 0.6) is 0 Å². The average molecular weight is 495 g/mol. The van der Waals surface area contributed by atoms with Crippen LogP contribution >= 0.6 is 0 Å². The Hall–Kier alpha value is -0.320. The van der Waals surface area contributed by atoms with Crippen molar-refractivity contribution in [2.75, 3.05) is 0 Å². The molecule has 8 heteroatoms. The van der Waals surface area contributed by atoms with Crippen LogP contribution in [0.1, 0.15) is 135 Å². The highest BCUT2D eigenvalue weighted by molar-refractivity contribution is 4.74. The van der Waals surface area contributed by atoms with Crippen LogP contribution in [0.4, 0.5) is 0 Å². The Labute approximate surface area is 208 Å². The van der Waals surface area contributed by atoms with E-state index in [1.807, 2.05) is 90.0 Å². The maximum atomic E-state index is 5.58. The van der Waals surface area contributed by atoms with Gasteiger partial charge in [-0.2, -0.15) is 19.6 Å². The van der Waals surface area contributed by atoms with Crippen molar-refractivity contribution < 1.29 is 39.1 Å². The van der Waals surface area contributed by atoms with Crippen molar-refractivity contribution in [1.29, 1.82) is 0 Å².